The highest BCUT2D eigenvalue weighted by Crippen LogP contribution is 2.20. The average Bonchev–Trinajstić information content (AvgIpc) is 2.85. The molecule has 108 valence electrons. The number of nitrogens with zero attached hydrogens (tertiary/aromatic N) is 1. The van der Waals surface area contributed by atoms with E-state index in [-0.39, 0.29) is 4.90 Å². The van der Waals surface area contributed by atoms with Crippen LogP contribution in [0.1, 0.15) is 10.7 Å². The molecule has 0 unspecified atom stereocenters. The lowest BCUT2D eigenvalue weighted by atomic mass is 10.3. The topological polar surface area (TPSA) is 71.1 Å². The van der Waals surface area contributed by atoms with Gasteiger partial charge in [-0.3, -0.25) is 0 Å². The zero-order chi connectivity index (χ0) is 14.6. The number of aryl methyl sites for hydroxylation is 1. The summed E-state index contributed by atoms with van der Waals surface area (Å²) in [6.45, 7) is 2.61. The van der Waals surface area contributed by atoms with Gasteiger partial charge in [0.15, 0.2) is 0 Å². The maximum atomic E-state index is 11.9. The Kier molecular flexibility index (Phi) is 4.74. The van der Waals surface area contributed by atoms with Gasteiger partial charge >= 0.3 is 0 Å². The van der Waals surface area contributed by atoms with E-state index in [1.807, 2.05) is 18.4 Å². The molecule has 20 heavy (non-hydrogen) atoms. The first-order chi connectivity index (χ1) is 9.53. The Labute approximate surface area is 123 Å². The third kappa shape index (κ3) is 3.56. The van der Waals surface area contributed by atoms with Gasteiger partial charge in [-0.05, 0) is 26.1 Å². The summed E-state index contributed by atoms with van der Waals surface area (Å²) >= 11 is 1.62. The largest absolute Gasteiger partial charge is 0.384 e. The lowest BCUT2D eigenvalue weighted by Crippen LogP contribution is -2.20. The third-order valence-corrected chi connectivity index (χ3v) is 5.10. The highest BCUT2D eigenvalue weighted by molar-refractivity contribution is 7.89. The lowest BCUT2D eigenvalue weighted by Gasteiger charge is -2.11. The van der Waals surface area contributed by atoms with Crippen LogP contribution in [-0.2, 0) is 16.4 Å². The number of benzene rings is 1. The smallest absolute Gasteiger partial charge is 0.242 e. The minimum absolute atomic E-state index is 0.261. The summed E-state index contributed by atoms with van der Waals surface area (Å²) < 4.78 is 26.1. The second-order valence-corrected chi connectivity index (χ2v) is 7.16. The molecule has 0 amide bonds. The summed E-state index contributed by atoms with van der Waals surface area (Å²) in [5, 5.41) is 6.22. The molecule has 5 nitrogen and oxygen atoms in total. The van der Waals surface area contributed by atoms with Crippen molar-refractivity contribution in [2.24, 2.45) is 0 Å². The Hall–Kier alpha value is -1.44. The van der Waals surface area contributed by atoms with Gasteiger partial charge in [0.25, 0.3) is 0 Å². The molecule has 0 aliphatic rings. The van der Waals surface area contributed by atoms with E-state index in [1.165, 1.54) is 7.05 Å². The van der Waals surface area contributed by atoms with E-state index in [0.29, 0.717) is 12.2 Å². The summed E-state index contributed by atoms with van der Waals surface area (Å²) in [5.74, 6) is 0. The first-order valence-corrected chi connectivity index (χ1v) is 8.56. The standard InChI is InChI=1S/C13H17N3O2S2/c1-10-16-11(9-19-10)7-8-15-12-5-3-4-6-13(12)20(17,18)14-2/h3-6,9,14-15H,7-8H2,1-2H3. The van der Waals surface area contributed by atoms with Gasteiger partial charge in [-0.1, -0.05) is 12.1 Å². The number of thiazole rings is 1. The van der Waals surface area contributed by atoms with E-state index in [4.69, 9.17) is 0 Å². The first kappa shape index (κ1) is 15.0. The van der Waals surface area contributed by atoms with Gasteiger partial charge in [0.1, 0.15) is 4.90 Å². The molecule has 0 bridgehead atoms. The van der Waals surface area contributed by atoms with Crippen LogP contribution in [0.2, 0.25) is 0 Å². The number of para-hydroxylation sites is 1. The van der Waals surface area contributed by atoms with E-state index >= 15 is 0 Å². The van der Waals surface area contributed by atoms with E-state index in [2.05, 4.69) is 15.0 Å². The third-order valence-electron chi connectivity index (χ3n) is 2.81. The van der Waals surface area contributed by atoms with Gasteiger partial charge in [-0.15, -0.1) is 11.3 Å². The Morgan fingerprint density at radius 1 is 1.30 bits per heavy atom. The molecule has 0 fully saturated rings. The van der Waals surface area contributed by atoms with Gasteiger partial charge in [0.2, 0.25) is 10.0 Å². The van der Waals surface area contributed by atoms with Crippen molar-refractivity contribution < 1.29 is 8.42 Å². The fourth-order valence-electron chi connectivity index (χ4n) is 1.81. The fraction of sp³-hybridized carbons (Fsp3) is 0.308. The molecule has 1 aromatic carbocycles. The zero-order valence-corrected chi connectivity index (χ0v) is 13.0. The van der Waals surface area contributed by atoms with E-state index in [9.17, 15) is 8.42 Å². The summed E-state index contributed by atoms with van der Waals surface area (Å²) in [6.07, 6.45) is 0.762. The second-order valence-electron chi connectivity index (χ2n) is 4.24. The van der Waals surface area contributed by atoms with E-state index < -0.39 is 10.0 Å². The minimum Gasteiger partial charge on any atom is -0.384 e. The summed E-state index contributed by atoms with van der Waals surface area (Å²) in [6, 6.07) is 6.86. The van der Waals surface area contributed by atoms with Crippen LogP contribution in [0.5, 0.6) is 0 Å². The van der Waals surface area contributed by atoms with Gasteiger partial charge in [-0.2, -0.15) is 0 Å². The highest BCUT2D eigenvalue weighted by atomic mass is 32.2. The van der Waals surface area contributed by atoms with Crippen molar-refractivity contribution in [2.45, 2.75) is 18.2 Å². The number of sulfonamides is 1. The van der Waals surface area contributed by atoms with Crippen molar-refractivity contribution in [3.8, 4) is 0 Å². The van der Waals surface area contributed by atoms with E-state index in [0.717, 1.165) is 17.1 Å². The molecule has 0 saturated carbocycles. The Morgan fingerprint density at radius 3 is 2.70 bits per heavy atom. The Morgan fingerprint density at radius 2 is 2.05 bits per heavy atom. The second kappa shape index (κ2) is 6.34. The quantitative estimate of drug-likeness (QED) is 0.856. The van der Waals surface area contributed by atoms with Crippen LogP contribution in [0.25, 0.3) is 0 Å². The molecule has 2 N–H and O–H groups in total. The molecular weight excluding hydrogens is 294 g/mol. The van der Waals surface area contributed by atoms with Crippen molar-refractivity contribution in [1.82, 2.24) is 9.71 Å². The fourth-order valence-corrected chi connectivity index (χ4v) is 3.36. The molecule has 7 heteroatoms. The maximum Gasteiger partial charge on any atom is 0.242 e. The molecule has 0 spiro atoms. The SMILES string of the molecule is CNS(=O)(=O)c1ccccc1NCCc1csc(C)n1. The Bertz CT molecular complexity index is 680. The van der Waals surface area contributed by atoms with Crippen molar-refractivity contribution >= 4 is 27.0 Å². The molecule has 0 aliphatic carbocycles. The number of hydrogen-bond donors (Lipinski definition) is 2. The van der Waals surface area contributed by atoms with E-state index in [1.54, 1.807) is 29.5 Å². The molecule has 0 radical (unpaired) electrons. The molecule has 2 aromatic rings. The highest BCUT2D eigenvalue weighted by Gasteiger charge is 2.15. The van der Waals surface area contributed by atoms with Crippen molar-refractivity contribution in [3.05, 3.63) is 40.3 Å². The molecule has 0 aliphatic heterocycles. The van der Waals surface area contributed by atoms with Crippen LogP contribution >= 0.6 is 11.3 Å². The van der Waals surface area contributed by atoms with Gasteiger partial charge in [-0.25, -0.2) is 18.1 Å². The summed E-state index contributed by atoms with van der Waals surface area (Å²) in [4.78, 5) is 4.64. The first-order valence-electron chi connectivity index (χ1n) is 6.20. The molecule has 1 aromatic heterocycles. The number of hydrogen-bond acceptors (Lipinski definition) is 5. The zero-order valence-electron chi connectivity index (χ0n) is 11.4. The van der Waals surface area contributed by atoms with Crippen LogP contribution in [-0.4, -0.2) is 27.0 Å². The molecular formula is C13H17N3O2S2. The number of aromatic nitrogens is 1. The summed E-state index contributed by atoms with van der Waals surface area (Å²) in [7, 11) is -2.04. The van der Waals surface area contributed by atoms with Crippen molar-refractivity contribution in [1.29, 1.82) is 0 Å². The number of anilines is 1. The number of nitrogens with one attached hydrogen (secondary N) is 2. The van der Waals surface area contributed by atoms with Crippen LogP contribution in [0.3, 0.4) is 0 Å². The summed E-state index contributed by atoms with van der Waals surface area (Å²) in [5.41, 5.74) is 1.63. The maximum absolute atomic E-state index is 11.9. The van der Waals surface area contributed by atoms with Gasteiger partial charge in [0, 0.05) is 18.3 Å². The predicted molar refractivity (Wildman–Crippen MR) is 81.7 cm³/mol. The van der Waals surface area contributed by atoms with Crippen molar-refractivity contribution in [3.63, 3.8) is 0 Å². The lowest BCUT2D eigenvalue weighted by molar-refractivity contribution is 0.588. The van der Waals surface area contributed by atoms with Crippen molar-refractivity contribution in [2.75, 3.05) is 18.9 Å². The van der Waals surface area contributed by atoms with Crippen LogP contribution in [0.15, 0.2) is 34.5 Å². The molecule has 2 rings (SSSR count). The molecule has 0 saturated heterocycles. The van der Waals surface area contributed by atoms with Gasteiger partial charge in [0.05, 0.1) is 16.4 Å². The Balaban J connectivity index is 2.06. The van der Waals surface area contributed by atoms with Crippen LogP contribution < -0.4 is 10.0 Å². The van der Waals surface area contributed by atoms with Crippen LogP contribution in [0.4, 0.5) is 5.69 Å². The van der Waals surface area contributed by atoms with Crippen LogP contribution in [0, 0.1) is 6.92 Å². The molecule has 1 heterocycles. The molecule has 0 atom stereocenters. The minimum atomic E-state index is -3.45. The number of rotatable bonds is 6. The normalized spacial score (nSPS) is 11.5. The van der Waals surface area contributed by atoms with Gasteiger partial charge < -0.3 is 5.32 Å². The monoisotopic (exact) mass is 311 g/mol. The average molecular weight is 311 g/mol. The predicted octanol–water partition coefficient (Wildman–Crippen LogP) is 2.01.